The zero-order chi connectivity index (χ0) is 11.4. The third-order valence-electron chi connectivity index (χ3n) is 2.68. The second-order valence-electron chi connectivity index (χ2n) is 3.83. The Morgan fingerprint density at radius 2 is 2.12 bits per heavy atom. The molecule has 0 atom stereocenters. The number of hydrogen-bond acceptors (Lipinski definition) is 3. The number of anilines is 1. The minimum Gasteiger partial charge on any atom is -0.381 e. The Balaban J connectivity index is 2.11. The zero-order valence-corrected chi connectivity index (χ0v) is 8.87. The average molecular weight is 220 g/mol. The van der Waals surface area contributed by atoms with E-state index in [2.05, 4.69) is 5.32 Å². The molecule has 84 valence electrons. The fraction of sp³-hybridized carbons (Fsp3) is 0.417. The van der Waals surface area contributed by atoms with Crippen molar-refractivity contribution < 1.29 is 9.13 Å². The maximum absolute atomic E-state index is 12.9. The largest absolute Gasteiger partial charge is 0.381 e. The van der Waals surface area contributed by atoms with Gasteiger partial charge in [0, 0.05) is 19.3 Å². The lowest BCUT2D eigenvalue weighted by molar-refractivity contribution is 0.0904. The summed E-state index contributed by atoms with van der Waals surface area (Å²) in [6.07, 6.45) is 1.84. The molecule has 0 spiro atoms. The van der Waals surface area contributed by atoms with Crippen LogP contribution in [0.2, 0.25) is 0 Å². The highest BCUT2D eigenvalue weighted by Gasteiger charge is 2.14. The summed E-state index contributed by atoms with van der Waals surface area (Å²) in [7, 11) is 0. The molecule has 1 saturated heterocycles. The van der Waals surface area contributed by atoms with Crippen molar-refractivity contribution >= 4 is 5.69 Å². The molecule has 1 aliphatic rings. The van der Waals surface area contributed by atoms with Gasteiger partial charge < -0.3 is 10.1 Å². The number of nitrogens with zero attached hydrogens (tertiary/aromatic N) is 1. The second-order valence-corrected chi connectivity index (χ2v) is 3.83. The molecule has 4 heteroatoms. The van der Waals surface area contributed by atoms with Crippen LogP contribution in [-0.2, 0) is 4.74 Å². The maximum Gasteiger partial charge on any atom is 0.124 e. The molecule has 1 fully saturated rings. The lowest BCUT2D eigenvalue weighted by Gasteiger charge is -2.24. The summed E-state index contributed by atoms with van der Waals surface area (Å²) < 4.78 is 18.2. The first-order valence-corrected chi connectivity index (χ1v) is 5.33. The van der Waals surface area contributed by atoms with Crippen molar-refractivity contribution in [2.45, 2.75) is 18.9 Å². The normalized spacial score (nSPS) is 16.8. The first-order valence-electron chi connectivity index (χ1n) is 5.33. The van der Waals surface area contributed by atoms with E-state index < -0.39 is 0 Å². The summed E-state index contributed by atoms with van der Waals surface area (Å²) in [5, 5.41) is 12.1. The molecule has 0 bridgehead atoms. The highest BCUT2D eigenvalue weighted by Crippen LogP contribution is 2.20. The molecule has 2 rings (SSSR count). The summed E-state index contributed by atoms with van der Waals surface area (Å²) in [5.41, 5.74) is 1.06. The molecular weight excluding hydrogens is 207 g/mol. The fourth-order valence-electron chi connectivity index (χ4n) is 1.80. The Labute approximate surface area is 93.8 Å². The number of halogens is 1. The van der Waals surface area contributed by atoms with Crippen LogP contribution in [0.1, 0.15) is 18.4 Å². The van der Waals surface area contributed by atoms with E-state index in [4.69, 9.17) is 10.00 Å². The highest BCUT2D eigenvalue weighted by molar-refractivity contribution is 5.57. The van der Waals surface area contributed by atoms with Gasteiger partial charge in [-0.25, -0.2) is 4.39 Å². The van der Waals surface area contributed by atoms with Crippen LogP contribution in [0, 0.1) is 17.1 Å². The van der Waals surface area contributed by atoms with E-state index in [0.29, 0.717) is 17.3 Å². The van der Waals surface area contributed by atoms with Gasteiger partial charge in [-0.15, -0.1) is 0 Å². The maximum atomic E-state index is 12.9. The van der Waals surface area contributed by atoms with Gasteiger partial charge in [-0.3, -0.25) is 0 Å². The monoisotopic (exact) mass is 220 g/mol. The number of benzene rings is 1. The minimum absolute atomic E-state index is 0.311. The number of nitrogens with one attached hydrogen (secondary N) is 1. The van der Waals surface area contributed by atoms with Crippen LogP contribution in [0.5, 0.6) is 0 Å². The summed E-state index contributed by atoms with van der Waals surface area (Å²) in [5.74, 6) is -0.380. The quantitative estimate of drug-likeness (QED) is 0.831. The van der Waals surface area contributed by atoms with Gasteiger partial charge in [0.2, 0.25) is 0 Å². The van der Waals surface area contributed by atoms with Crippen LogP contribution in [0.4, 0.5) is 10.1 Å². The Hall–Kier alpha value is -1.60. The summed E-state index contributed by atoms with van der Waals surface area (Å²) >= 11 is 0. The second kappa shape index (κ2) is 4.95. The van der Waals surface area contributed by atoms with Crippen molar-refractivity contribution in [1.29, 1.82) is 5.26 Å². The molecule has 3 nitrogen and oxygen atoms in total. The Morgan fingerprint density at radius 3 is 2.81 bits per heavy atom. The molecular formula is C12H13FN2O. The highest BCUT2D eigenvalue weighted by atomic mass is 19.1. The molecule has 1 aromatic rings. The van der Waals surface area contributed by atoms with Crippen LogP contribution >= 0.6 is 0 Å². The van der Waals surface area contributed by atoms with Gasteiger partial charge in [0.15, 0.2) is 0 Å². The Morgan fingerprint density at radius 1 is 1.38 bits per heavy atom. The van der Waals surface area contributed by atoms with Crippen molar-refractivity contribution in [2.24, 2.45) is 0 Å². The standard InChI is InChI=1S/C12H13FN2O/c13-10-1-2-12(9(7-10)8-14)15-11-3-5-16-6-4-11/h1-2,7,11,15H,3-6H2. The smallest absolute Gasteiger partial charge is 0.124 e. The Kier molecular flexibility index (Phi) is 3.37. The molecule has 1 heterocycles. The predicted molar refractivity (Wildman–Crippen MR) is 58.6 cm³/mol. The summed E-state index contributed by atoms with van der Waals surface area (Å²) in [6, 6.07) is 6.53. The molecule has 1 aliphatic heterocycles. The number of nitriles is 1. The molecule has 0 amide bonds. The van der Waals surface area contributed by atoms with E-state index in [1.54, 1.807) is 6.07 Å². The number of rotatable bonds is 2. The van der Waals surface area contributed by atoms with Crippen molar-refractivity contribution in [3.8, 4) is 6.07 Å². The van der Waals surface area contributed by atoms with Crippen LogP contribution in [0.25, 0.3) is 0 Å². The zero-order valence-electron chi connectivity index (χ0n) is 8.87. The Bertz CT molecular complexity index is 408. The van der Waals surface area contributed by atoms with Crippen LogP contribution in [-0.4, -0.2) is 19.3 Å². The molecule has 0 aromatic heterocycles. The van der Waals surface area contributed by atoms with Crippen molar-refractivity contribution in [3.05, 3.63) is 29.6 Å². The molecule has 16 heavy (non-hydrogen) atoms. The molecule has 0 radical (unpaired) electrons. The molecule has 0 saturated carbocycles. The number of ether oxygens (including phenoxy) is 1. The van der Waals surface area contributed by atoms with Gasteiger partial charge in [0.1, 0.15) is 11.9 Å². The van der Waals surface area contributed by atoms with Crippen LogP contribution in [0.15, 0.2) is 18.2 Å². The van der Waals surface area contributed by atoms with Gasteiger partial charge in [-0.1, -0.05) is 0 Å². The number of hydrogen-bond donors (Lipinski definition) is 1. The van der Waals surface area contributed by atoms with Gasteiger partial charge in [0.25, 0.3) is 0 Å². The third kappa shape index (κ3) is 2.50. The molecule has 1 aromatic carbocycles. The topological polar surface area (TPSA) is 45.0 Å². The molecule has 0 unspecified atom stereocenters. The van der Waals surface area contributed by atoms with E-state index >= 15 is 0 Å². The first-order chi connectivity index (χ1) is 7.79. The lowest BCUT2D eigenvalue weighted by atomic mass is 10.1. The molecule has 0 aliphatic carbocycles. The van der Waals surface area contributed by atoms with Crippen LogP contribution in [0.3, 0.4) is 0 Å². The van der Waals surface area contributed by atoms with Crippen molar-refractivity contribution in [2.75, 3.05) is 18.5 Å². The van der Waals surface area contributed by atoms with Gasteiger partial charge in [-0.2, -0.15) is 5.26 Å². The third-order valence-corrected chi connectivity index (χ3v) is 2.68. The average Bonchev–Trinajstić information content (AvgIpc) is 2.33. The SMILES string of the molecule is N#Cc1cc(F)ccc1NC1CCOCC1. The van der Waals surface area contributed by atoms with Crippen LogP contribution < -0.4 is 5.32 Å². The fourth-order valence-corrected chi connectivity index (χ4v) is 1.80. The van der Waals surface area contributed by atoms with Crippen molar-refractivity contribution in [3.63, 3.8) is 0 Å². The predicted octanol–water partition coefficient (Wildman–Crippen LogP) is 2.29. The minimum atomic E-state index is -0.380. The van der Waals surface area contributed by atoms with E-state index in [-0.39, 0.29) is 5.82 Å². The first kappa shape index (κ1) is 10.9. The van der Waals surface area contributed by atoms with Gasteiger partial charge in [-0.05, 0) is 31.0 Å². The van der Waals surface area contributed by atoms with E-state index in [9.17, 15) is 4.39 Å². The van der Waals surface area contributed by atoms with E-state index in [1.807, 2.05) is 6.07 Å². The lowest BCUT2D eigenvalue weighted by Crippen LogP contribution is -2.28. The summed E-state index contributed by atoms with van der Waals surface area (Å²) in [6.45, 7) is 1.47. The van der Waals surface area contributed by atoms with Crippen molar-refractivity contribution in [1.82, 2.24) is 0 Å². The summed E-state index contributed by atoms with van der Waals surface area (Å²) in [4.78, 5) is 0. The molecule has 1 N–H and O–H groups in total. The van der Waals surface area contributed by atoms with E-state index in [0.717, 1.165) is 26.1 Å². The van der Waals surface area contributed by atoms with E-state index in [1.165, 1.54) is 12.1 Å². The van der Waals surface area contributed by atoms with Gasteiger partial charge in [0.05, 0.1) is 11.3 Å². The van der Waals surface area contributed by atoms with Gasteiger partial charge >= 0.3 is 0 Å².